The number of nitrogens with one attached hydrogen (secondary N) is 1. The normalized spacial score (nSPS) is 11.1. The zero-order valence-electron chi connectivity index (χ0n) is 11.4. The summed E-state index contributed by atoms with van der Waals surface area (Å²) in [7, 11) is 0. The molecule has 0 aliphatic heterocycles. The minimum absolute atomic E-state index is 0.117. The molecule has 0 aliphatic rings. The number of fused-ring (bicyclic) bond motifs is 1. The molecule has 110 valence electrons. The van der Waals surface area contributed by atoms with Crippen molar-refractivity contribution in [2.24, 2.45) is 5.10 Å². The largest absolute Gasteiger partial charge is 0.507 e. The molecule has 0 unspecified atom stereocenters. The van der Waals surface area contributed by atoms with Gasteiger partial charge in [-0.15, -0.1) is 0 Å². The summed E-state index contributed by atoms with van der Waals surface area (Å²) >= 11 is 0. The third-order valence-corrected chi connectivity index (χ3v) is 3.13. The smallest absolute Gasteiger partial charge is 0.290 e. The molecule has 0 radical (unpaired) electrons. The molecule has 22 heavy (non-hydrogen) atoms. The molecule has 0 saturated heterocycles. The Morgan fingerprint density at radius 3 is 2.50 bits per heavy atom. The van der Waals surface area contributed by atoms with Gasteiger partial charge in [-0.25, -0.2) is 5.43 Å². The van der Waals surface area contributed by atoms with E-state index in [4.69, 9.17) is 4.42 Å². The number of hydrazone groups is 1. The van der Waals surface area contributed by atoms with Gasteiger partial charge in [-0.05, 0) is 18.2 Å². The summed E-state index contributed by atoms with van der Waals surface area (Å²) in [5.41, 5.74) is 2.41. The third-order valence-electron chi connectivity index (χ3n) is 3.13. The fourth-order valence-corrected chi connectivity index (χ4v) is 2.07. The fourth-order valence-electron chi connectivity index (χ4n) is 2.07. The number of phenols is 1. The molecular weight excluding hydrogens is 284 g/mol. The molecule has 3 N–H and O–H groups in total. The molecule has 0 saturated carbocycles. The van der Waals surface area contributed by atoms with E-state index in [0.717, 1.165) is 0 Å². The predicted octanol–water partition coefficient (Wildman–Crippen LogP) is 2.61. The van der Waals surface area contributed by atoms with Gasteiger partial charge in [-0.2, -0.15) is 5.10 Å². The Labute approximate surface area is 125 Å². The number of hydrogen-bond acceptors (Lipinski definition) is 5. The Morgan fingerprint density at radius 1 is 1.05 bits per heavy atom. The first kappa shape index (κ1) is 13.7. The van der Waals surface area contributed by atoms with Crippen LogP contribution in [0.1, 0.15) is 16.1 Å². The van der Waals surface area contributed by atoms with Gasteiger partial charge in [0.2, 0.25) is 0 Å². The van der Waals surface area contributed by atoms with Crippen LogP contribution < -0.4 is 5.43 Å². The van der Waals surface area contributed by atoms with Gasteiger partial charge < -0.3 is 14.6 Å². The number of phenolic OH excluding ortho intramolecular Hbond substituents is 1. The van der Waals surface area contributed by atoms with E-state index in [1.54, 1.807) is 36.4 Å². The summed E-state index contributed by atoms with van der Waals surface area (Å²) < 4.78 is 5.18. The second-order valence-corrected chi connectivity index (χ2v) is 4.53. The van der Waals surface area contributed by atoms with Crippen LogP contribution in [-0.4, -0.2) is 22.3 Å². The summed E-state index contributed by atoms with van der Waals surface area (Å²) in [6.07, 6.45) is 1.29. The maximum Gasteiger partial charge on any atom is 0.290 e. The number of furan rings is 1. The molecular formula is C16H12N2O4. The average Bonchev–Trinajstić information content (AvgIpc) is 2.85. The maximum absolute atomic E-state index is 11.9. The third kappa shape index (κ3) is 2.49. The van der Waals surface area contributed by atoms with Crippen molar-refractivity contribution in [3.8, 4) is 11.7 Å². The van der Waals surface area contributed by atoms with Crippen LogP contribution in [0.5, 0.6) is 11.7 Å². The SMILES string of the molecule is O=C(N/N=C\c1oc(O)c2ccccc12)c1ccccc1O. The predicted molar refractivity (Wildman–Crippen MR) is 81.0 cm³/mol. The number of nitrogens with zero attached hydrogens (tertiary/aromatic N) is 1. The molecule has 6 nitrogen and oxygen atoms in total. The van der Waals surface area contributed by atoms with Crippen LogP contribution >= 0.6 is 0 Å². The summed E-state index contributed by atoms with van der Waals surface area (Å²) in [4.78, 5) is 11.9. The first-order chi connectivity index (χ1) is 10.7. The zero-order valence-corrected chi connectivity index (χ0v) is 11.4. The highest BCUT2D eigenvalue weighted by Crippen LogP contribution is 2.29. The van der Waals surface area contributed by atoms with Gasteiger partial charge in [-0.1, -0.05) is 30.3 Å². The summed E-state index contributed by atoms with van der Waals surface area (Å²) in [5, 5.41) is 24.3. The van der Waals surface area contributed by atoms with Crippen LogP contribution in [-0.2, 0) is 0 Å². The monoisotopic (exact) mass is 296 g/mol. The number of carbonyl (C=O) groups excluding carboxylic acids is 1. The lowest BCUT2D eigenvalue weighted by Gasteiger charge is -2.01. The number of carbonyl (C=O) groups is 1. The van der Waals surface area contributed by atoms with Crippen molar-refractivity contribution in [2.75, 3.05) is 0 Å². The molecule has 1 amide bonds. The van der Waals surface area contributed by atoms with Crippen molar-refractivity contribution in [2.45, 2.75) is 0 Å². The standard InChI is InChI=1S/C16H12N2O4/c19-13-8-4-3-7-12(13)15(20)18-17-9-14-10-5-1-2-6-11(10)16(21)22-14/h1-9,19,21H,(H,18,20)/b17-9-. The molecule has 1 heterocycles. The molecule has 1 aromatic heterocycles. The second-order valence-electron chi connectivity index (χ2n) is 4.53. The van der Waals surface area contributed by atoms with E-state index in [0.29, 0.717) is 16.5 Å². The van der Waals surface area contributed by atoms with Crippen LogP contribution in [0.25, 0.3) is 10.8 Å². The Balaban J connectivity index is 1.80. The van der Waals surface area contributed by atoms with E-state index in [-0.39, 0.29) is 17.3 Å². The van der Waals surface area contributed by atoms with Crippen LogP contribution in [0.15, 0.2) is 58.0 Å². The Morgan fingerprint density at radius 2 is 1.73 bits per heavy atom. The lowest BCUT2D eigenvalue weighted by molar-refractivity contribution is 0.0952. The van der Waals surface area contributed by atoms with Crippen molar-refractivity contribution in [1.82, 2.24) is 5.43 Å². The van der Waals surface area contributed by atoms with Crippen molar-refractivity contribution < 1.29 is 19.4 Å². The topological polar surface area (TPSA) is 95.1 Å². The van der Waals surface area contributed by atoms with Gasteiger partial charge >= 0.3 is 0 Å². The van der Waals surface area contributed by atoms with E-state index in [2.05, 4.69) is 10.5 Å². The first-order valence-electron chi connectivity index (χ1n) is 6.48. The minimum Gasteiger partial charge on any atom is -0.507 e. The van der Waals surface area contributed by atoms with E-state index in [9.17, 15) is 15.0 Å². The number of rotatable bonds is 3. The van der Waals surface area contributed by atoms with Crippen LogP contribution in [0.4, 0.5) is 0 Å². The van der Waals surface area contributed by atoms with Gasteiger partial charge in [0, 0.05) is 5.39 Å². The number of benzene rings is 2. The Hall–Kier alpha value is -3.28. The summed E-state index contributed by atoms with van der Waals surface area (Å²) in [5.74, 6) is -0.555. The lowest BCUT2D eigenvalue weighted by Crippen LogP contribution is -2.17. The Bertz CT molecular complexity index is 867. The second kappa shape index (κ2) is 5.61. The number of aromatic hydroxyl groups is 2. The van der Waals surface area contributed by atoms with Gasteiger partial charge in [0.1, 0.15) is 5.75 Å². The van der Waals surface area contributed by atoms with E-state index in [1.165, 1.54) is 18.3 Å². The van der Waals surface area contributed by atoms with Gasteiger partial charge in [0.25, 0.3) is 11.9 Å². The molecule has 0 atom stereocenters. The molecule has 3 aromatic rings. The highest BCUT2D eigenvalue weighted by atomic mass is 16.5. The number of para-hydroxylation sites is 1. The van der Waals surface area contributed by atoms with Crippen molar-refractivity contribution in [1.29, 1.82) is 0 Å². The average molecular weight is 296 g/mol. The van der Waals surface area contributed by atoms with Crippen LogP contribution in [0, 0.1) is 0 Å². The van der Waals surface area contributed by atoms with Crippen LogP contribution in [0.2, 0.25) is 0 Å². The lowest BCUT2D eigenvalue weighted by atomic mass is 10.2. The van der Waals surface area contributed by atoms with Gasteiger partial charge in [-0.3, -0.25) is 4.79 Å². The summed E-state index contributed by atoms with van der Waals surface area (Å²) in [6.45, 7) is 0. The highest BCUT2D eigenvalue weighted by molar-refractivity contribution is 6.01. The van der Waals surface area contributed by atoms with E-state index in [1.807, 2.05) is 0 Å². The number of hydrogen-bond donors (Lipinski definition) is 3. The highest BCUT2D eigenvalue weighted by Gasteiger charge is 2.11. The number of amides is 1. The van der Waals surface area contributed by atoms with Crippen molar-refractivity contribution in [3.63, 3.8) is 0 Å². The molecule has 6 heteroatoms. The Kier molecular flexibility index (Phi) is 3.49. The molecule has 0 fully saturated rings. The minimum atomic E-state index is -0.547. The maximum atomic E-state index is 11.9. The van der Waals surface area contributed by atoms with E-state index < -0.39 is 5.91 Å². The molecule has 3 rings (SSSR count). The summed E-state index contributed by atoms with van der Waals surface area (Å²) in [6, 6.07) is 13.2. The van der Waals surface area contributed by atoms with Crippen LogP contribution in [0.3, 0.4) is 0 Å². The fraction of sp³-hybridized carbons (Fsp3) is 0. The molecule has 2 aromatic carbocycles. The first-order valence-corrected chi connectivity index (χ1v) is 6.48. The van der Waals surface area contributed by atoms with Crippen molar-refractivity contribution in [3.05, 3.63) is 59.9 Å². The van der Waals surface area contributed by atoms with E-state index >= 15 is 0 Å². The molecule has 0 aliphatic carbocycles. The zero-order chi connectivity index (χ0) is 15.5. The quantitative estimate of drug-likeness (QED) is 0.511. The van der Waals surface area contributed by atoms with Gasteiger partial charge in [0.05, 0.1) is 17.2 Å². The van der Waals surface area contributed by atoms with Crippen molar-refractivity contribution >= 4 is 22.9 Å². The molecule has 0 spiro atoms. The van der Waals surface area contributed by atoms with Gasteiger partial charge in [0.15, 0.2) is 5.76 Å². The molecule has 0 bridgehead atoms.